The van der Waals surface area contributed by atoms with Gasteiger partial charge in [0.05, 0.1) is 0 Å². The molecular formula is C30H19NO. The molecule has 3 aliphatic carbocycles. The maximum absolute atomic E-state index is 13.4. The fraction of sp³-hybridized carbons (Fsp3) is 0.133. The van der Waals surface area contributed by atoms with Crippen LogP contribution in [0, 0.1) is 23.7 Å². The van der Waals surface area contributed by atoms with Crippen molar-refractivity contribution < 1.29 is 4.79 Å². The molecule has 0 N–H and O–H groups in total. The second kappa shape index (κ2) is 6.94. The highest BCUT2D eigenvalue weighted by atomic mass is 16.1. The molecule has 0 saturated carbocycles. The predicted octanol–water partition coefficient (Wildman–Crippen LogP) is 4.70. The Labute approximate surface area is 186 Å². The summed E-state index contributed by atoms with van der Waals surface area (Å²) >= 11 is 0. The van der Waals surface area contributed by atoms with E-state index in [1.807, 2.05) is 24.3 Å². The molecule has 0 fully saturated rings. The van der Waals surface area contributed by atoms with Crippen LogP contribution in [0.2, 0.25) is 0 Å². The van der Waals surface area contributed by atoms with E-state index in [2.05, 4.69) is 42.3 Å². The molecule has 3 aromatic carbocycles. The first-order valence-electron chi connectivity index (χ1n) is 11.0. The number of allylic oxidation sites excluding steroid dienone is 3. The largest absolute Gasteiger partial charge is 0.289 e. The Bertz CT molecular complexity index is 1630. The van der Waals surface area contributed by atoms with Crippen LogP contribution >= 0.6 is 0 Å². The summed E-state index contributed by atoms with van der Waals surface area (Å²) in [6.45, 7) is 0. The molecule has 0 atom stereocenters. The Morgan fingerprint density at radius 2 is 1.84 bits per heavy atom. The van der Waals surface area contributed by atoms with Crippen LogP contribution in [0.3, 0.4) is 0 Å². The van der Waals surface area contributed by atoms with Gasteiger partial charge >= 0.3 is 0 Å². The van der Waals surface area contributed by atoms with Gasteiger partial charge in [0, 0.05) is 16.7 Å². The Morgan fingerprint density at radius 3 is 2.66 bits per heavy atom. The molecule has 2 heteroatoms. The normalized spacial score (nSPS) is 18.8. The van der Waals surface area contributed by atoms with E-state index in [0.717, 1.165) is 42.2 Å². The van der Waals surface area contributed by atoms with E-state index >= 15 is 0 Å². The van der Waals surface area contributed by atoms with Crippen molar-refractivity contribution in [2.45, 2.75) is 25.7 Å². The van der Waals surface area contributed by atoms with Crippen molar-refractivity contribution in [1.82, 2.24) is 0 Å². The zero-order chi connectivity index (χ0) is 21.8. The summed E-state index contributed by atoms with van der Waals surface area (Å²) in [6.07, 6.45) is 14.3. The number of rotatable bonds is 1. The van der Waals surface area contributed by atoms with Crippen molar-refractivity contribution in [3.05, 3.63) is 92.4 Å². The molecule has 0 spiro atoms. The van der Waals surface area contributed by atoms with Crippen LogP contribution in [0.1, 0.15) is 46.3 Å². The topological polar surface area (TPSA) is 40.9 Å². The van der Waals surface area contributed by atoms with Gasteiger partial charge in [0.1, 0.15) is 11.6 Å². The summed E-state index contributed by atoms with van der Waals surface area (Å²) in [5.41, 5.74) is 6.51. The third-order valence-corrected chi connectivity index (χ3v) is 6.95. The number of ketones is 1. The summed E-state index contributed by atoms with van der Waals surface area (Å²) in [5.74, 6) is 2.41. The van der Waals surface area contributed by atoms with Gasteiger partial charge in [0.15, 0.2) is 5.78 Å². The van der Waals surface area contributed by atoms with Gasteiger partial charge in [0.25, 0.3) is 0 Å². The molecule has 0 amide bonds. The van der Waals surface area contributed by atoms with E-state index in [-0.39, 0.29) is 11.4 Å². The number of aryl methyl sites for hydroxylation is 1. The smallest absolute Gasteiger partial charge is 0.194 e. The SMILES string of the molecule is C#C/C(C#N)=C1/C(=C/c2ccc3c4c5c(ccc24)=CCCC=5CC3)C(=O)c2ccccc21. The van der Waals surface area contributed by atoms with Crippen molar-refractivity contribution in [3.63, 3.8) is 0 Å². The molecule has 0 heterocycles. The Kier molecular flexibility index (Phi) is 4.04. The zero-order valence-corrected chi connectivity index (χ0v) is 17.5. The molecule has 3 aliphatic rings. The number of nitrogens with zero attached hydrogens (tertiary/aromatic N) is 1. The molecule has 6 rings (SSSR count). The number of benzene rings is 3. The number of nitriles is 1. The molecule has 2 nitrogen and oxygen atoms in total. The van der Waals surface area contributed by atoms with E-state index in [0.29, 0.717) is 16.7 Å². The summed E-state index contributed by atoms with van der Waals surface area (Å²) in [5, 5.41) is 14.9. The molecule has 0 bridgehead atoms. The van der Waals surface area contributed by atoms with Gasteiger partial charge in [0.2, 0.25) is 0 Å². The lowest BCUT2D eigenvalue weighted by Gasteiger charge is -2.21. The van der Waals surface area contributed by atoms with Crippen LogP contribution in [0.4, 0.5) is 0 Å². The average molecular weight is 409 g/mol. The van der Waals surface area contributed by atoms with Gasteiger partial charge in [-0.2, -0.15) is 5.26 Å². The number of hydrogen-bond acceptors (Lipinski definition) is 2. The molecule has 0 saturated heterocycles. The second-order valence-electron chi connectivity index (χ2n) is 8.55. The molecule has 150 valence electrons. The maximum Gasteiger partial charge on any atom is 0.194 e. The van der Waals surface area contributed by atoms with E-state index in [9.17, 15) is 10.1 Å². The van der Waals surface area contributed by atoms with Crippen LogP contribution in [0.5, 0.6) is 0 Å². The molecule has 3 aromatic rings. The lowest BCUT2D eigenvalue weighted by Crippen LogP contribution is -2.33. The molecular weight excluding hydrogens is 390 g/mol. The third-order valence-electron chi connectivity index (χ3n) is 6.95. The number of Topliss-reactive ketones (excluding diaryl/α,β-unsaturated/α-hetero) is 1. The minimum atomic E-state index is -0.0820. The fourth-order valence-corrected chi connectivity index (χ4v) is 5.53. The third kappa shape index (κ3) is 2.51. The maximum atomic E-state index is 13.4. The first-order valence-corrected chi connectivity index (χ1v) is 11.0. The molecule has 0 radical (unpaired) electrons. The molecule has 32 heavy (non-hydrogen) atoms. The number of terminal acetylenes is 1. The number of fused-ring (bicyclic) bond motifs is 1. The number of carbonyl (C=O) groups is 1. The second-order valence-corrected chi connectivity index (χ2v) is 8.55. The van der Waals surface area contributed by atoms with Gasteiger partial charge < -0.3 is 0 Å². The molecule has 0 unspecified atom stereocenters. The lowest BCUT2D eigenvalue weighted by atomic mass is 9.83. The van der Waals surface area contributed by atoms with Crippen molar-refractivity contribution in [2.75, 3.05) is 0 Å². The summed E-state index contributed by atoms with van der Waals surface area (Å²) < 4.78 is 0. The summed E-state index contributed by atoms with van der Waals surface area (Å²) in [7, 11) is 0. The number of carbonyl (C=O) groups excluding carboxylic acids is 1. The highest BCUT2D eigenvalue weighted by molar-refractivity contribution is 6.30. The van der Waals surface area contributed by atoms with Crippen LogP contribution in [-0.4, -0.2) is 5.78 Å². The van der Waals surface area contributed by atoms with Crippen molar-refractivity contribution in [3.8, 4) is 18.4 Å². The fourth-order valence-electron chi connectivity index (χ4n) is 5.53. The zero-order valence-electron chi connectivity index (χ0n) is 17.5. The van der Waals surface area contributed by atoms with E-state index in [4.69, 9.17) is 6.42 Å². The van der Waals surface area contributed by atoms with Crippen molar-refractivity contribution >= 4 is 39.9 Å². The van der Waals surface area contributed by atoms with Crippen molar-refractivity contribution in [2.24, 2.45) is 0 Å². The van der Waals surface area contributed by atoms with Gasteiger partial charge in [-0.05, 0) is 69.7 Å². The molecule has 0 aromatic heterocycles. The van der Waals surface area contributed by atoms with Crippen molar-refractivity contribution in [1.29, 1.82) is 5.26 Å². The van der Waals surface area contributed by atoms with Crippen LogP contribution < -0.4 is 10.4 Å². The Hall–Kier alpha value is -4.14. The standard InChI is InChI=1S/C30H19NO/c1-2-18(17-31)28-24-8-3-4-9-25(24)30(32)26(28)16-22-13-12-21-11-10-19-6-5-7-20-14-15-23(22)29(21)27(19)20/h1,3-4,7-9,12-16H,5-6,10-11H2/b26-16-,28-18-. The average Bonchev–Trinajstić information content (AvgIpc) is 3.11. The molecule has 0 aliphatic heterocycles. The van der Waals surface area contributed by atoms with Crippen LogP contribution in [-0.2, 0) is 6.42 Å². The van der Waals surface area contributed by atoms with Crippen LogP contribution in [0.15, 0.2) is 59.7 Å². The van der Waals surface area contributed by atoms with Gasteiger partial charge in [-0.25, -0.2) is 0 Å². The highest BCUT2D eigenvalue weighted by Crippen LogP contribution is 2.40. The minimum Gasteiger partial charge on any atom is -0.289 e. The monoisotopic (exact) mass is 409 g/mol. The quantitative estimate of drug-likeness (QED) is 0.332. The first-order chi connectivity index (χ1) is 15.7. The van der Waals surface area contributed by atoms with Gasteiger partial charge in [-0.1, -0.05) is 66.1 Å². The Morgan fingerprint density at radius 1 is 1.00 bits per heavy atom. The first kappa shape index (κ1) is 18.6. The number of hydrogen-bond donors (Lipinski definition) is 0. The van der Waals surface area contributed by atoms with Crippen LogP contribution in [0.25, 0.3) is 34.1 Å². The van der Waals surface area contributed by atoms with E-state index in [1.165, 1.54) is 21.4 Å². The van der Waals surface area contributed by atoms with Gasteiger partial charge in [-0.3, -0.25) is 4.79 Å². The highest BCUT2D eigenvalue weighted by Gasteiger charge is 2.32. The predicted molar refractivity (Wildman–Crippen MR) is 129 cm³/mol. The van der Waals surface area contributed by atoms with Gasteiger partial charge in [-0.15, -0.1) is 6.42 Å². The lowest BCUT2D eigenvalue weighted by molar-refractivity contribution is 0.104. The summed E-state index contributed by atoms with van der Waals surface area (Å²) in [4.78, 5) is 13.4. The van der Waals surface area contributed by atoms with E-state index < -0.39 is 0 Å². The van der Waals surface area contributed by atoms with E-state index in [1.54, 1.807) is 11.6 Å². The summed E-state index contributed by atoms with van der Waals surface area (Å²) in [6, 6.07) is 18.2. The minimum absolute atomic E-state index is 0.0820. The Balaban J connectivity index is 1.68.